The minimum atomic E-state index is -0.346. The lowest BCUT2D eigenvalue weighted by atomic mass is 9.84. The molecule has 0 spiro atoms. The van der Waals surface area contributed by atoms with E-state index in [1.165, 1.54) is 11.3 Å². The summed E-state index contributed by atoms with van der Waals surface area (Å²) in [6.45, 7) is 4.96. The molecule has 2 unspecified atom stereocenters. The average Bonchev–Trinajstić information content (AvgIpc) is 3.27. The van der Waals surface area contributed by atoms with E-state index in [0.29, 0.717) is 29.9 Å². The molecule has 1 aromatic heterocycles. The van der Waals surface area contributed by atoms with Crippen molar-refractivity contribution in [2.45, 2.75) is 45.1 Å². The first-order valence-corrected chi connectivity index (χ1v) is 9.73. The van der Waals surface area contributed by atoms with E-state index in [0.717, 1.165) is 38.8 Å². The number of amides is 2. The Balaban J connectivity index is 1.55. The van der Waals surface area contributed by atoms with Crippen LogP contribution in [0.2, 0.25) is 0 Å². The number of nitrogens with one attached hydrogen (secondary N) is 2. The molecule has 24 heavy (non-hydrogen) atoms. The average molecular weight is 350 g/mol. The van der Waals surface area contributed by atoms with E-state index in [9.17, 15) is 9.59 Å². The lowest BCUT2D eigenvalue weighted by Crippen LogP contribution is -2.44. The molecule has 132 valence electrons. The summed E-state index contributed by atoms with van der Waals surface area (Å²) in [4.78, 5) is 31.1. The minimum Gasteiger partial charge on any atom is -0.331 e. The Morgan fingerprint density at radius 1 is 1.42 bits per heavy atom. The first-order valence-electron chi connectivity index (χ1n) is 8.85. The largest absolute Gasteiger partial charge is 0.331 e. The van der Waals surface area contributed by atoms with Crippen LogP contribution in [0.3, 0.4) is 0 Å². The number of nitrogens with zero attached hydrogens (tertiary/aromatic N) is 2. The molecule has 7 heteroatoms. The maximum atomic E-state index is 12.7. The highest BCUT2D eigenvalue weighted by Crippen LogP contribution is 2.27. The Hall–Kier alpha value is -1.47. The summed E-state index contributed by atoms with van der Waals surface area (Å²) in [5.41, 5.74) is 0. The van der Waals surface area contributed by atoms with Gasteiger partial charge in [-0.1, -0.05) is 6.92 Å². The summed E-state index contributed by atoms with van der Waals surface area (Å²) in [6, 6.07) is -0.346. The molecule has 2 aliphatic rings. The van der Waals surface area contributed by atoms with Crippen molar-refractivity contribution in [3.8, 4) is 0 Å². The lowest BCUT2D eigenvalue weighted by molar-refractivity contribution is -0.137. The van der Waals surface area contributed by atoms with Gasteiger partial charge in [-0.25, -0.2) is 4.98 Å². The lowest BCUT2D eigenvalue weighted by Gasteiger charge is -2.30. The van der Waals surface area contributed by atoms with Crippen LogP contribution in [0.5, 0.6) is 0 Å². The van der Waals surface area contributed by atoms with Crippen LogP contribution in [0.15, 0.2) is 11.6 Å². The van der Waals surface area contributed by atoms with Gasteiger partial charge >= 0.3 is 0 Å². The van der Waals surface area contributed by atoms with Crippen LogP contribution in [0.1, 0.15) is 39.0 Å². The predicted molar refractivity (Wildman–Crippen MR) is 94.9 cm³/mol. The first-order chi connectivity index (χ1) is 11.6. The maximum Gasteiger partial charge on any atom is 0.248 e. The summed E-state index contributed by atoms with van der Waals surface area (Å²) in [5.74, 6) is 1.01. The van der Waals surface area contributed by atoms with Crippen LogP contribution in [-0.2, 0) is 9.59 Å². The molecule has 6 nitrogen and oxygen atoms in total. The Bertz CT molecular complexity index is 557. The van der Waals surface area contributed by atoms with Gasteiger partial charge in [0.15, 0.2) is 5.13 Å². The number of rotatable bonds is 5. The number of thiazole rings is 1. The summed E-state index contributed by atoms with van der Waals surface area (Å²) in [5, 5.41) is 8.63. The molecule has 2 amide bonds. The molecule has 3 rings (SSSR count). The van der Waals surface area contributed by atoms with Gasteiger partial charge in [0.05, 0.1) is 0 Å². The van der Waals surface area contributed by atoms with Gasteiger partial charge in [-0.3, -0.25) is 9.59 Å². The smallest absolute Gasteiger partial charge is 0.248 e. The molecule has 0 radical (unpaired) electrons. The zero-order valence-electron chi connectivity index (χ0n) is 14.2. The highest BCUT2D eigenvalue weighted by atomic mass is 32.1. The molecule has 1 aromatic rings. The number of hydrogen-bond acceptors (Lipinski definition) is 5. The molecule has 0 aromatic carbocycles. The number of likely N-dealkylation sites (tertiary alicyclic amines) is 1. The predicted octanol–water partition coefficient (Wildman–Crippen LogP) is 2.10. The van der Waals surface area contributed by atoms with Gasteiger partial charge in [0.1, 0.15) is 6.04 Å². The Kier molecular flexibility index (Phi) is 5.84. The Labute approximate surface area is 147 Å². The second-order valence-corrected chi connectivity index (χ2v) is 7.74. The first kappa shape index (κ1) is 17.4. The van der Waals surface area contributed by atoms with Gasteiger partial charge in [0, 0.05) is 24.5 Å². The molecular weight excluding hydrogens is 324 g/mol. The number of anilines is 1. The summed E-state index contributed by atoms with van der Waals surface area (Å²) < 4.78 is 0. The van der Waals surface area contributed by atoms with Crippen molar-refractivity contribution in [1.82, 2.24) is 15.2 Å². The van der Waals surface area contributed by atoms with E-state index in [4.69, 9.17) is 0 Å². The second kappa shape index (κ2) is 8.07. The van der Waals surface area contributed by atoms with Crippen LogP contribution < -0.4 is 10.6 Å². The number of aromatic nitrogens is 1. The van der Waals surface area contributed by atoms with Crippen molar-refractivity contribution < 1.29 is 9.59 Å². The van der Waals surface area contributed by atoms with Crippen molar-refractivity contribution in [2.24, 2.45) is 11.8 Å². The summed E-state index contributed by atoms with van der Waals surface area (Å²) in [7, 11) is 0. The monoisotopic (exact) mass is 350 g/mol. The van der Waals surface area contributed by atoms with Gasteiger partial charge in [0.2, 0.25) is 11.8 Å². The van der Waals surface area contributed by atoms with E-state index in [1.54, 1.807) is 11.1 Å². The SMILES string of the molecule is CC(CC(=O)N1CCCC1C(=O)Nc1nccs1)C1CCNCC1. The topological polar surface area (TPSA) is 74.3 Å². The molecule has 2 aliphatic heterocycles. The highest BCUT2D eigenvalue weighted by Gasteiger charge is 2.35. The number of carbonyl (C=O) groups is 2. The minimum absolute atomic E-state index is 0.106. The Morgan fingerprint density at radius 3 is 2.92 bits per heavy atom. The number of hydrogen-bond donors (Lipinski definition) is 2. The van der Waals surface area contributed by atoms with Crippen LogP contribution in [0.25, 0.3) is 0 Å². The molecule has 3 heterocycles. The molecular formula is C17H26N4O2S. The number of carbonyl (C=O) groups excluding carboxylic acids is 2. The van der Waals surface area contributed by atoms with E-state index in [1.807, 2.05) is 5.38 Å². The third-order valence-corrected chi connectivity index (χ3v) is 5.91. The molecule has 0 bridgehead atoms. The number of piperidine rings is 1. The van der Waals surface area contributed by atoms with Crippen molar-refractivity contribution in [3.63, 3.8) is 0 Å². The van der Waals surface area contributed by atoms with E-state index in [-0.39, 0.29) is 17.9 Å². The van der Waals surface area contributed by atoms with Gasteiger partial charge in [-0.05, 0) is 50.6 Å². The molecule has 2 saturated heterocycles. The quantitative estimate of drug-likeness (QED) is 0.853. The van der Waals surface area contributed by atoms with Gasteiger partial charge < -0.3 is 15.5 Å². The molecule has 0 saturated carbocycles. The normalized spacial score (nSPS) is 23.2. The van der Waals surface area contributed by atoms with Crippen molar-refractivity contribution in [2.75, 3.05) is 25.0 Å². The molecule has 2 atom stereocenters. The summed E-state index contributed by atoms with van der Waals surface area (Å²) >= 11 is 1.40. The van der Waals surface area contributed by atoms with Gasteiger partial charge in [-0.15, -0.1) is 11.3 Å². The van der Waals surface area contributed by atoms with E-state index in [2.05, 4.69) is 22.5 Å². The van der Waals surface area contributed by atoms with Crippen LogP contribution in [0.4, 0.5) is 5.13 Å². The van der Waals surface area contributed by atoms with E-state index < -0.39 is 0 Å². The van der Waals surface area contributed by atoms with Crippen LogP contribution in [0, 0.1) is 11.8 Å². The van der Waals surface area contributed by atoms with Gasteiger partial charge in [-0.2, -0.15) is 0 Å². The van der Waals surface area contributed by atoms with Crippen molar-refractivity contribution in [1.29, 1.82) is 0 Å². The maximum absolute atomic E-state index is 12.7. The zero-order valence-corrected chi connectivity index (χ0v) is 15.0. The van der Waals surface area contributed by atoms with E-state index >= 15 is 0 Å². The zero-order chi connectivity index (χ0) is 16.9. The fourth-order valence-electron chi connectivity index (χ4n) is 3.78. The third-order valence-electron chi connectivity index (χ3n) is 5.22. The van der Waals surface area contributed by atoms with Crippen molar-refractivity contribution >= 4 is 28.3 Å². The fraction of sp³-hybridized carbons (Fsp3) is 0.706. The highest BCUT2D eigenvalue weighted by molar-refractivity contribution is 7.13. The second-order valence-electron chi connectivity index (χ2n) is 6.84. The standard InChI is InChI=1S/C17H26N4O2S/c1-12(13-4-6-18-7-5-13)11-15(22)21-9-2-3-14(21)16(23)20-17-19-8-10-24-17/h8,10,12-14,18H,2-7,9,11H2,1H3,(H,19,20,23). The van der Waals surface area contributed by atoms with Crippen LogP contribution >= 0.6 is 11.3 Å². The van der Waals surface area contributed by atoms with Crippen LogP contribution in [-0.4, -0.2) is 47.4 Å². The summed E-state index contributed by atoms with van der Waals surface area (Å²) in [6.07, 6.45) is 6.13. The van der Waals surface area contributed by atoms with Gasteiger partial charge in [0.25, 0.3) is 0 Å². The molecule has 2 N–H and O–H groups in total. The molecule has 2 fully saturated rings. The fourth-order valence-corrected chi connectivity index (χ4v) is 4.32. The third kappa shape index (κ3) is 4.13. The Morgan fingerprint density at radius 2 is 2.21 bits per heavy atom. The molecule has 0 aliphatic carbocycles. The van der Waals surface area contributed by atoms with Crippen molar-refractivity contribution in [3.05, 3.63) is 11.6 Å².